The van der Waals surface area contributed by atoms with Crippen molar-refractivity contribution in [1.82, 2.24) is 0 Å². The van der Waals surface area contributed by atoms with Gasteiger partial charge in [-0.3, -0.25) is 10.8 Å². The zero-order valence-electron chi connectivity index (χ0n) is 15.5. The molecule has 0 atom stereocenters. The van der Waals surface area contributed by atoms with Gasteiger partial charge in [-0.15, -0.1) is 12.0 Å². The average Bonchev–Trinajstić information content (AvgIpc) is 2.48. The van der Waals surface area contributed by atoms with Gasteiger partial charge in [-0.05, 0) is 16.6 Å². The lowest BCUT2D eigenvalue weighted by atomic mass is 9.91. The highest BCUT2D eigenvalue weighted by Crippen LogP contribution is 2.40. The highest BCUT2D eigenvalue weighted by Gasteiger charge is 2.42. The van der Waals surface area contributed by atoms with Gasteiger partial charge in [0, 0.05) is 0 Å². The van der Waals surface area contributed by atoms with E-state index in [0.717, 1.165) is 0 Å². The molecule has 6 N–H and O–H groups in total. The molecule has 0 radical (unpaired) electrons. The van der Waals surface area contributed by atoms with Crippen molar-refractivity contribution in [3.8, 4) is 23.8 Å². The maximum Gasteiger partial charge on any atom is 0.146 e. The van der Waals surface area contributed by atoms with Crippen LogP contribution in [0.15, 0.2) is 22.5 Å². The first-order valence-corrected chi connectivity index (χ1v) is 10.4. The second-order valence-electron chi connectivity index (χ2n) is 7.12. The number of rotatable bonds is 3. The van der Waals surface area contributed by atoms with Crippen molar-refractivity contribution in [2.24, 2.45) is 11.5 Å². The fourth-order valence-electron chi connectivity index (χ4n) is 3.67. The Labute approximate surface area is 146 Å². The second-order valence-corrected chi connectivity index (χ2v) is 12.7. The van der Waals surface area contributed by atoms with Crippen molar-refractivity contribution in [2.75, 3.05) is 0 Å². The van der Waals surface area contributed by atoms with Crippen LogP contribution in [0.1, 0.15) is 41.5 Å². The Hall–Kier alpha value is -2.24. The standard InChI is InChI=1S/C19H28N4Si/c1-8-14-16(20)18(22)15(19(23)17(14)21)9-10-24(11(2)3,12(4)5)13(6)7/h1,11-13,20,23H,21-22H2,2-7H3. The van der Waals surface area contributed by atoms with Crippen molar-refractivity contribution < 1.29 is 0 Å². The van der Waals surface area contributed by atoms with Crippen LogP contribution in [0.4, 0.5) is 0 Å². The van der Waals surface area contributed by atoms with E-state index in [-0.39, 0.29) is 28.4 Å². The molecule has 0 aromatic heterocycles. The molecule has 5 heteroatoms. The molecule has 24 heavy (non-hydrogen) atoms. The number of terminal acetylenes is 1. The van der Waals surface area contributed by atoms with Gasteiger partial charge in [-0.25, -0.2) is 0 Å². The average molecular weight is 341 g/mol. The Morgan fingerprint density at radius 2 is 1.21 bits per heavy atom. The maximum absolute atomic E-state index is 8.24. The van der Waals surface area contributed by atoms with E-state index in [4.69, 9.17) is 28.7 Å². The van der Waals surface area contributed by atoms with Crippen LogP contribution in [-0.4, -0.2) is 19.5 Å². The van der Waals surface area contributed by atoms with Gasteiger partial charge in [0.15, 0.2) is 0 Å². The summed E-state index contributed by atoms with van der Waals surface area (Å²) in [5, 5.41) is 16.3. The normalized spacial score (nSPS) is 16.0. The van der Waals surface area contributed by atoms with Crippen LogP contribution in [-0.2, 0) is 0 Å². The summed E-state index contributed by atoms with van der Waals surface area (Å²) in [6, 6.07) is 0. The Kier molecular flexibility index (Phi) is 5.87. The van der Waals surface area contributed by atoms with Gasteiger partial charge in [-0.2, -0.15) is 0 Å². The van der Waals surface area contributed by atoms with Gasteiger partial charge < -0.3 is 11.5 Å². The molecular formula is C19H28N4Si. The van der Waals surface area contributed by atoms with E-state index < -0.39 is 8.07 Å². The molecule has 0 aliphatic heterocycles. The van der Waals surface area contributed by atoms with E-state index in [1.165, 1.54) is 0 Å². The number of nitrogens with two attached hydrogens (primary N) is 2. The minimum atomic E-state index is -1.96. The van der Waals surface area contributed by atoms with Crippen LogP contribution >= 0.6 is 0 Å². The number of hydrogen-bond donors (Lipinski definition) is 4. The molecule has 1 rings (SSSR count). The summed E-state index contributed by atoms with van der Waals surface area (Å²) in [7, 11) is -1.96. The van der Waals surface area contributed by atoms with E-state index >= 15 is 0 Å². The van der Waals surface area contributed by atoms with Crippen molar-refractivity contribution in [1.29, 1.82) is 10.8 Å². The number of hydrogen-bond acceptors (Lipinski definition) is 4. The quantitative estimate of drug-likeness (QED) is 0.360. The molecule has 0 spiro atoms. The minimum absolute atomic E-state index is 0.0128. The molecule has 0 aromatic rings. The minimum Gasteiger partial charge on any atom is -0.396 e. The molecule has 0 saturated heterocycles. The molecule has 0 fully saturated rings. The van der Waals surface area contributed by atoms with Crippen molar-refractivity contribution in [2.45, 2.75) is 58.2 Å². The first-order chi connectivity index (χ1) is 11.0. The summed E-state index contributed by atoms with van der Waals surface area (Å²) in [4.78, 5) is 0. The predicted molar refractivity (Wildman–Crippen MR) is 106 cm³/mol. The lowest BCUT2D eigenvalue weighted by Gasteiger charge is -2.38. The molecule has 1 aliphatic rings. The van der Waals surface area contributed by atoms with Gasteiger partial charge >= 0.3 is 0 Å². The van der Waals surface area contributed by atoms with Crippen molar-refractivity contribution >= 4 is 19.5 Å². The molecule has 0 unspecified atom stereocenters. The Morgan fingerprint density at radius 1 is 0.833 bits per heavy atom. The van der Waals surface area contributed by atoms with Gasteiger partial charge in [0.05, 0.1) is 34.0 Å². The SMILES string of the molecule is C#CC1=C(N)C(=N)C(C#C[Si](C(C)C)(C(C)C)C(C)C)=C(N)C1=N. The molecule has 0 heterocycles. The zero-order chi connectivity index (χ0) is 18.8. The second kappa shape index (κ2) is 7.11. The Balaban J connectivity index is 3.54. The van der Waals surface area contributed by atoms with Crippen LogP contribution in [0.5, 0.6) is 0 Å². The largest absolute Gasteiger partial charge is 0.396 e. The summed E-state index contributed by atoms with van der Waals surface area (Å²) in [5.74, 6) is 5.48. The fourth-order valence-corrected chi connectivity index (χ4v) is 8.88. The van der Waals surface area contributed by atoms with E-state index in [2.05, 4.69) is 58.9 Å². The summed E-state index contributed by atoms with van der Waals surface area (Å²) in [6.07, 6.45) is 5.38. The molecule has 1 aliphatic carbocycles. The molecule has 0 bridgehead atoms. The van der Waals surface area contributed by atoms with Crippen molar-refractivity contribution in [3.05, 3.63) is 22.5 Å². The summed E-state index contributed by atoms with van der Waals surface area (Å²) in [6.45, 7) is 13.3. The van der Waals surface area contributed by atoms with Gasteiger partial charge in [-0.1, -0.05) is 53.4 Å². The Morgan fingerprint density at radius 3 is 1.58 bits per heavy atom. The predicted octanol–water partition coefficient (Wildman–Crippen LogP) is 3.32. The van der Waals surface area contributed by atoms with E-state index in [0.29, 0.717) is 22.2 Å². The fraction of sp³-hybridized carbons (Fsp3) is 0.474. The third-order valence-corrected chi connectivity index (χ3v) is 11.3. The first-order valence-electron chi connectivity index (χ1n) is 8.20. The van der Waals surface area contributed by atoms with Crippen LogP contribution in [0.2, 0.25) is 16.6 Å². The van der Waals surface area contributed by atoms with Gasteiger partial charge in [0.1, 0.15) is 8.07 Å². The maximum atomic E-state index is 8.24. The zero-order valence-corrected chi connectivity index (χ0v) is 16.5. The summed E-state index contributed by atoms with van der Waals surface area (Å²) in [5.41, 5.74) is 17.7. The molecule has 0 saturated carbocycles. The molecular weight excluding hydrogens is 312 g/mol. The topological polar surface area (TPSA) is 99.7 Å². The highest BCUT2D eigenvalue weighted by atomic mass is 28.3. The van der Waals surface area contributed by atoms with E-state index in [1.807, 2.05) is 0 Å². The lowest BCUT2D eigenvalue weighted by molar-refractivity contribution is 0.838. The summed E-state index contributed by atoms with van der Waals surface area (Å²) >= 11 is 0. The van der Waals surface area contributed by atoms with Gasteiger partial charge in [0.2, 0.25) is 0 Å². The van der Waals surface area contributed by atoms with Crippen LogP contribution in [0, 0.1) is 34.6 Å². The van der Waals surface area contributed by atoms with Crippen molar-refractivity contribution in [3.63, 3.8) is 0 Å². The van der Waals surface area contributed by atoms with E-state index in [1.54, 1.807) is 0 Å². The van der Waals surface area contributed by atoms with E-state index in [9.17, 15) is 0 Å². The molecule has 128 valence electrons. The molecule has 4 nitrogen and oxygen atoms in total. The monoisotopic (exact) mass is 340 g/mol. The number of allylic oxidation sites excluding steroid dienone is 2. The molecule has 0 aromatic carbocycles. The smallest absolute Gasteiger partial charge is 0.146 e. The van der Waals surface area contributed by atoms with Crippen LogP contribution in [0.25, 0.3) is 0 Å². The van der Waals surface area contributed by atoms with Crippen LogP contribution in [0.3, 0.4) is 0 Å². The summed E-state index contributed by atoms with van der Waals surface area (Å²) < 4.78 is 0. The number of nitrogens with one attached hydrogen (secondary N) is 2. The van der Waals surface area contributed by atoms with Crippen LogP contribution < -0.4 is 11.5 Å². The lowest BCUT2D eigenvalue weighted by Crippen LogP contribution is -2.43. The highest BCUT2D eigenvalue weighted by molar-refractivity contribution is 6.90. The van der Waals surface area contributed by atoms with Gasteiger partial charge in [0.25, 0.3) is 0 Å². The third-order valence-electron chi connectivity index (χ3n) is 4.99. The first kappa shape index (κ1) is 19.8. The Bertz CT molecular complexity index is 712. The third kappa shape index (κ3) is 3.05. The molecule has 0 amide bonds.